The van der Waals surface area contributed by atoms with Crippen molar-refractivity contribution in [2.24, 2.45) is 0 Å². The number of nitrogens with zero attached hydrogens (tertiary/aromatic N) is 2. The minimum Gasteiger partial charge on any atom is -0.354 e. The molecule has 0 saturated carbocycles. The van der Waals surface area contributed by atoms with Gasteiger partial charge in [0.15, 0.2) is 0 Å². The Kier molecular flexibility index (Phi) is 7.69. The summed E-state index contributed by atoms with van der Waals surface area (Å²) in [4.78, 5) is 4.86. The molecule has 4 nitrogen and oxygen atoms in total. The van der Waals surface area contributed by atoms with E-state index in [1.54, 1.807) is 0 Å². The number of para-hydroxylation sites is 4. The molecule has 238 valence electrons. The average Bonchev–Trinajstić information content (AvgIpc) is 3.47. The van der Waals surface area contributed by atoms with E-state index in [9.17, 15) is 0 Å². The standard InChI is InChI=1S/C45H38N4/c1-45(2,3)33-28-34(30-35(29-33)49-42-26-13-10-20-38(42)39-23-15-27-46-44(39)49)47-40-24-11-12-25-41(40)48-43-36(31-16-6-4-7-17-31)21-14-22-37(43)32-18-8-5-9-19-32/h4-30,47-48H,1-3H3. The Bertz CT molecular complexity index is 2310. The second-order valence-corrected chi connectivity index (χ2v) is 13.5. The third-order valence-corrected chi connectivity index (χ3v) is 9.18. The Morgan fingerprint density at radius 2 is 1.12 bits per heavy atom. The zero-order chi connectivity index (χ0) is 33.4. The molecule has 2 aromatic heterocycles. The maximum absolute atomic E-state index is 4.86. The zero-order valence-electron chi connectivity index (χ0n) is 28.0. The first-order chi connectivity index (χ1) is 23.9. The van der Waals surface area contributed by atoms with E-state index in [-0.39, 0.29) is 5.41 Å². The Balaban J connectivity index is 1.25. The van der Waals surface area contributed by atoms with Crippen molar-refractivity contribution in [3.05, 3.63) is 169 Å². The van der Waals surface area contributed by atoms with E-state index in [1.165, 1.54) is 10.9 Å². The molecular formula is C45H38N4. The number of rotatable bonds is 7. The van der Waals surface area contributed by atoms with Gasteiger partial charge < -0.3 is 10.6 Å². The number of hydrogen-bond donors (Lipinski definition) is 2. The number of aromatic nitrogens is 2. The number of pyridine rings is 1. The second kappa shape index (κ2) is 12.5. The third kappa shape index (κ3) is 5.83. The molecule has 0 radical (unpaired) electrons. The maximum Gasteiger partial charge on any atom is 0.145 e. The molecule has 0 aliphatic heterocycles. The van der Waals surface area contributed by atoms with E-state index in [4.69, 9.17) is 4.98 Å². The SMILES string of the molecule is CC(C)(C)c1cc(Nc2ccccc2Nc2c(-c3ccccc3)cccc2-c2ccccc2)cc(-n2c3ccccc3c3cccnc32)c1. The van der Waals surface area contributed by atoms with Gasteiger partial charge in [0.2, 0.25) is 0 Å². The Morgan fingerprint density at radius 1 is 0.531 bits per heavy atom. The van der Waals surface area contributed by atoms with Crippen LogP contribution < -0.4 is 10.6 Å². The molecule has 0 aliphatic rings. The van der Waals surface area contributed by atoms with Gasteiger partial charge in [0.05, 0.1) is 22.6 Å². The fourth-order valence-corrected chi connectivity index (χ4v) is 6.70. The van der Waals surface area contributed by atoms with Gasteiger partial charge in [-0.2, -0.15) is 0 Å². The summed E-state index contributed by atoms with van der Waals surface area (Å²) in [7, 11) is 0. The van der Waals surface area contributed by atoms with Gasteiger partial charge in [-0.3, -0.25) is 4.57 Å². The van der Waals surface area contributed by atoms with Crippen molar-refractivity contribution < 1.29 is 0 Å². The molecule has 0 fully saturated rings. The van der Waals surface area contributed by atoms with E-state index < -0.39 is 0 Å². The van der Waals surface area contributed by atoms with Crippen molar-refractivity contribution in [2.45, 2.75) is 26.2 Å². The maximum atomic E-state index is 4.86. The molecule has 2 N–H and O–H groups in total. The minimum atomic E-state index is -0.0738. The minimum absolute atomic E-state index is 0.0738. The Hall–Kier alpha value is -6.13. The van der Waals surface area contributed by atoms with Gasteiger partial charge in [0, 0.05) is 39.5 Å². The molecule has 8 rings (SSSR count). The summed E-state index contributed by atoms with van der Waals surface area (Å²) < 4.78 is 2.29. The lowest BCUT2D eigenvalue weighted by atomic mass is 9.86. The molecule has 2 heterocycles. The van der Waals surface area contributed by atoms with Crippen LogP contribution in [0.15, 0.2) is 164 Å². The Morgan fingerprint density at radius 3 is 1.80 bits per heavy atom. The van der Waals surface area contributed by atoms with Gasteiger partial charge in [0.25, 0.3) is 0 Å². The van der Waals surface area contributed by atoms with Crippen LogP contribution in [0.5, 0.6) is 0 Å². The molecule has 0 saturated heterocycles. The largest absolute Gasteiger partial charge is 0.354 e. The van der Waals surface area contributed by atoms with Crippen molar-refractivity contribution >= 4 is 44.7 Å². The predicted molar refractivity (Wildman–Crippen MR) is 208 cm³/mol. The molecule has 4 heteroatoms. The number of hydrogen-bond acceptors (Lipinski definition) is 3. The molecule has 49 heavy (non-hydrogen) atoms. The van der Waals surface area contributed by atoms with E-state index in [0.29, 0.717) is 0 Å². The third-order valence-electron chi connectivity index (χ3n) is 9.18. The highest BCUT2D eigenvalue weighted by Gasteiger charge is 2.20. The quantitative estimate of drug-likeness (QED) is 0.183. The lowest BCUT2D eigenvalue weighted by Gasteiger charge is -2.23. The first-order valence-corrected chi connectivity index (χ1v) is 16.8. The van der Waals surface area contributed by atoms with Crippen molar-refractivity contribution in [3.63, 3.8) is 0 Å². The van der Waals surface area contributed by atoms with Gasteiger partial charge in [-0.1, -0.05) is 130 Å². The van der Waals surface area contributed by atoms with Gasteiger partial charge in [-0.05, 0) is 70.6 Å². The van der Waals surface area contributed by atoms with Crippen LogP contribution in [0.3, 0.4) is 0 Å². The molecule has 0 spiro atoms. The van der Waals surface area contributed by atoms with Gasteiger partial charge in [0.1, 0.15) is 5.65 Å². The summed E-state index contributed by atoms with van der Waals surface area (Å²) in [5.41, 5.74) is 13.0. The van der Waals surface area contributed by atoms with E-state index >= 15 is 0 Å². The van der Waals surface area contributed by atoms with Crippen LogP contribution in [0, 0.1) is 0 Å². The van der Waals surface area contributed by atoms with Crippen LogP contribution in [0.25, 0.3) is 49.9 Å². The Labute approximate surface area is 287 Å². The molecule has 0 amide bonds. The normalized spacial score (nSPS) is 11.6. The van der Waals surface area contributed by atoms with Crippen LogP contribution in [0.2, 0.25) is 0 Å². The van der Waals surface area contributed by atoms with Gasteiger partial charge >= 0.3 is 0 Å². The summed E-state index contributed by atoms with van der Waals surface area (Å²) in [6.45, 7) is 6.80. The van der Waals surface area contributed by atoms with Crippen LogP contribution in [-0.4, -0.2) is 9.55 Å². The van der Waals surface area contributed by atoms with Crippen LogP contribution >= 0.6 is 0 Å². The van der Waals surface area contributed by atoms with Gasteiger partial charge in [-0.15, -0.1) is 0 Å². The monoisotopic (exact) mass is 634 g/mol. The topological polar surface area (TPSA) is 41.9 Å². The number of anilines is 4. The van der Waals surface area contributed by atoms with Gasteiger partial charge in [-0.25, -0.2) is 4.98 Å². The molecule has 0 bridgehead atoms. The number of benzene rings is 6. The van der Waals surface area contributed by atoms with Crippen molar-refractivity contribution in [1.82, 2.24) is 9.55 Å². The van der Waals surface area contributed by atoms with E-state index in [0.717, 1.165) is 67.2 Å². The predicted octanol–water partition coefficient (Wildman–Crippen LogP) is 12.3. The van der Waals surface area contributed by atoms with E-state index in [2.05, 4.69) is 188 Å². The van der Waals surface area contributed by atoms with Crippen LogP contribution in [0.1, 0.15) is 26.3 Å². The van der Waals surface area contributed by atoms with Crippen LogP contribution in [-0.2, 0) is 5.41 Å². The summed E-state index contributed by atoms with van der Waals surface area (Å²) in [5.74, 6) is 0. The fourth-order valence-electron chi connectivity index (χ4n) is 6.70. The highest BCUT2D eigenvalue weighted by atomic mass is 15.1. The van der Waals surface area contributed by atoms with Crippen molar-refractivity contribution in [2.75, 3.05) is 10.6 Å². The van der Waals surface area contributed by atoms with Crippen molar-refractivity contribution in [1.29, 1.82) is 0 Å². The first kappa shape index (κ1) is 30.2. The highest BCUT2D eigenvalue weighted by Crippen LogP contribution is 2.41. The first-order valence-electron chi connectivity index (χ1n) is 16.8. The highest BCUT2D eigenvalue weighted by molar-refractivity contribution is 6.08. The molecule has 0 aliphatic carbocycles. The fraction of sp³-hybridized carbons (Fsp3) is 0.0889. The summed E-state index contributed by atoms with van der Waals surface area (Å²) in [6.07, 6.45) is 1.88. The second-order valence-electron chi connectivity index (χ2n) is 13.5. The molecule has 6 aromatic carbocycles. The summed E-state index contributed by atoms with van der Waals surface area (Å²) >= 11 is 0. The van der Waals surface area contributed by atoms with Crippen molar-refractivity contribution in [3.8, 4) is 27.9 Å². The lowest BCUT2D eigenvalue weighted by Crippen LogP contribution is -2.12. The number of fused-ring (bicyclic) bond motifs is 3. The zero-order valence-corrected chi connectivity index (χ0v) is 28.0. The number of nitrogens with one attached hydrogen (secondary N) is 2. The lowest BCUT2D eigenvalue weighted by molar-refractivity contribution is 0.590. The smallest absolute Gasteiger partial charge is 0.145 e. The molecule has 0 unspecified atom stereocenters. The molecule has 0 atom stereocenters. The summed E-state index contributed by atoms with van der Waals surface area (Å²) in [5, 5.41) is 10.1. The summed E-state index contributed by atoms with van der Waals surface area (Å²) in [6, 6.07) is 55.7. The van der Waals surface area contributed by atoms with E-state index in [1.807, 2.05) is 12.3 Å². The average molecular weight is 635 g/mol. The van der Waals surface area contributed by atoms with Crippen LogP contribution in [0.4, 0.5) is 22.7 Å². The molecular weight excluding hydrogens is 597 g/mol. The molecule has 8 aromatic rings.